The van der Waals surface area contributed by atoms with E-state index in [1.807, 2.05) is 20.8 Å². The summed E-state index contributed by atoms with van der Waals surface area (Å²) in [5.74, 6) is 0.154. The number of H-pyrrole nitrogens is 1. The van der Waals surface area contributed by atoms with Crippen LogP contribution >= 0.6 is 0 Å². The third kappa shape index (κ3) is 5.06. The second-order valence-corrected chi connectivity index (χ2v) is 8.58. The van der Waals surface area contributed by atoms with Gasteiger partial charge in [0.05, 0.1) is 11.7 Å². The lowest BCUT2D eigenvalue weighted by molar-refractivity contribution is -0.0497. The number of amides is 1. The third-order valence-electron chi connectivity index (χ3n) is 4.74. The lowest BCUT2D eigenvalue weighted by Crippen LogP contribution is -2.42. The van der Waals surface area contributed by atoms with Crippen molar-refractivity contribution in [3.63, 3.8) is 0 Å². The molecule has 4 aromatic rings. The molecule has 0 bridgehead atoms. The number of halogens is 2. The van der Waals surface area contributed by atoms with Crippen molar-refractivity contribution in [1.82, 2.24) is 30.0 Å². The Morgan fingerprint density at radius 2 is 2.12 bits per heavy atom. The van der Waals surface area contributed by atoms with Gasteiger partial charge in [0.1, 0.15) is 17.1 Å². The van der Waals surface area contributed by atoms with Crippen LogP contribution in [0, 0.1) is 0 Å². The predicted octanol–water partition coefficient (Wildman–Crippen LogP) is 3.85. The average molecular weight is 474 g/mol. The van der Waals surface area contributed by atoms with Gasteiger partial charge in [-0.2, -0.15) is 13.9 Å². The summed E-state index contributed by atoms with van der Waals surface area (Å²) >= 11 is 0. The molecule has 0 fully saturated rings. The summed E-state index contributed by atoms with van der Waals surface area (Å²) in [4.78, 5) is 24.0. The van der Waals surface area contributed by atoms with Crippen LogP contribution in [0.1, 0.15) is 27.2 Å². The lowest BCUT2D eigenvalue weighted by atomic mass is 10.1. The first-order chi connectivity index (χ1) is 16.1. The molecule has 0 atom stereocenters. The minimum atomic E-state index is -2.97. The first-order valence-electron chi connectivity index (χ1n) is 10.6. The van der Waals surface area contributed by atoms with Crippen molar-refractivity contribution < 1.29 is 28.2 Å². The number of fused-ring (bicyclic) bond motifs is 2. The number of ether oxygens (including phenoxy) is 2. The van der Waals surface area contributed by atoms with Crippen LogP contribution in [0.15, 0.2) is 30.6 Å². The van der Waals surface area contributed by atoms with E-state index in [-0.39, 0.29) is 18.1 Å². The number of nitrogens with one attached hydrogen (secondary N) is 2. The molecule has 0 unspecified atom stereocenters. The van der Waals surface area contributed by atoms with Gasteiger partial charge in [0, 0.05) is 30.3 Å². The van der Waals surface area contributed by atoms with E-state index in [0.29, 0.717) is 46.4 Å². The minimum absolute atomic E-state index is 0.0241. The van der Waals surface area contributed by atoms with Gasteiger partial charge < -0.3 is 24.9 Å². The van der Waals surface area contributed by atoms with Crippen LogP contribution in [0.2, 0.25) is 0 Å². The third-order valence-corrected chi connectivity index (χ3v) is 4.74. The lowest BCUT2D eigenvalue weighted by Gasteiger charge is -2.19. The number of hydrogen-bond donors (Lipinski definition) is 3. The first kappa shape index (κ1) is 23.4. The summed E-state index contributed by atoms with van der Waals surface area (Å²) in [6.07, 6.45) is 2.77. The Kier molecular flexibility index (Phi) is 6.33. The second-order valence-electron chi connectivity index (χ2n) is 8.58. The summed E-state index contributed by atoms with van der Waals surface area (Å²) in [5.41, 5.74) is 1.59. The fourth-order valence-electron chi connectivity index (χ4n) is 3.41. The van der Waals surface area contributed by atoms with Gasteiger partial charge in [0.25, 0.3) is 0 Å². The molecule has 0 aliphatic rings. The van der Waals surface area contributed by atoms with Gasteiger partial charge in [-0.3, -0.25) is 4.68 Å². The van der Waals surface area contributed by atoms with E-state index in [1.54, 1.807) is 10.7 Å². The largest absolute Gasteiger partial charge is 0.435 e. The fourth-order valence-corrected chi connectivity index (χ4v) is 3.41. The molecular weight excluding hydrogens is 450 g/mol. The summed E-state index contributed by atoms with van der Waals surface area (Å²) in [7, 11) is 0. The van der Waals surface area contributed by atoms with Crippen LogP contribution in [0.4, 0.5) is 13.6 Å². The highest BCUT2D eigenvalue weighted by molar-refractivity contribution is 5.94. The molecule has 0 aliphatic heterocycles. The topological polar surface area (TPSA) is 127 Å². The zero-order valence-corrected chi connectivity index (χ0v) is 18.8. The zero-order chi connectivity index (χ0) is 24.5. The highest BCUT2D eigenvalue weighted by atomic mass is 19.3. The van der Waals surface area contributed by atoms with Crippen molar-refractivity contribution >= 4 is 28.2 Å². The molecule has 3 N–H and O–H groups in total. The highest BCUT2D eigenvalue weighted by Crippen LogP contribution is 2.32. The van der Waals surface area contributed by atoms with Crippen molar-refractivity contribution in [3.05, 3.63) is 30.6 Å². The van der Waals surface area contributed by atoms with Crippen LogP contribution in [0.5, 0.6) is 11.5 Å². The molecule has 1 aromatic carbocycles. The van der Waals surface area contributed by atoms with Crippen molar-refractivity contribution in [2.24, 2.45) is 0 Å². The fraction of sp³-hybridized carbons (Fsp3) is 0.364. The Bertz CT molecular complexity index is 1330. The molecule has 4 rings (SSSR count). The monoisotopic (exact) mass is 474 g/mol. The highest BCUT2D eigenvalue weighted by Gasteiger charge is 2.20. The van der Waals surface area contributed by atoms with E-state index in [2.05, 4.69) is 30.1 Å². The number of benzene rings is 1. The van der Waals surface area contributed by atoms with E-state index < -0.39 is 18.2 Å². The van der Waals surface area contributed by atoms with E-state index >= 15 is 0 Å². The molecule has 0 radical (unpaired) electrons. The molecular formula is C22H24F2N6O4. The Labute approximate surface area is 192 Å². The number of aliphatic hydroxyl groups excluding tert-OH is 1. The Hall–Kier alpha value is -3.80. The maximum absolute atomic E-state index is 12.8. The number of nitrogens with zero attached hydrogens (tertiary/aromatic N) is 4. The number of aryl methyl sites for hydroxylation is 1. The van der Waals surface area contributed by atoms with Gasteiger partial charge in [-0.15, -0.1) is 0 Å². The van der Waals surface area contributed by atoms with Crippen molar-refractivity contribution in [2.75, 3.05) is 6.61 Å². The van der Waals surface area contributed by atoms with Crippen molar-refractivity contribution in [1.29, 1.82) is 0 Å². The number of rotatable bonds is 7. The van der Waals surface area contributed by atoms with Gasteiger partial charge >= 0.3 is 12.7 Å². The summed E-state index contributed by atoms with van der Waals surface area (Å²) in [5, 5.41) is 17.0. The zero-order valence-electron chi connectivity index (χ0n) is 18.8. The quantitative estimate of drug-likeness (QED) is 0.371. The van der Waals surface area contributed by atoms with Crippen molar-refractivity contribution in [3.8, 4) is 22.9 Å². The predicted molar refractivity (Wildman–Crippen MR) is 120 cm³/mol. The number of hydrogen-bond acceptors (Lipinski definition) is 7. The van der Waals surface area contributed by atoms with Gasteiger partial charge in [-0.1, -0.05) is 0 Å². The van der Waals surface area contributed by atoms with E-state index in [0.717, 1.165) is 0 Å². The van der Waals surface area contributed by atoms with E-state index in [1.165, 1.54) is 24.5 Å². The molecule has 0 saturated heterocycles. The van der Waals surface area contributed by atoms with Crippen LogP contribution < -0.4 is 14.8 Å². The molecule has 12 heteroatoms. The molecule has 3 aromatic heterocycles. The number of aromatic nitrogens is 5. The molecule has 0 spiro atoms. The molecule has 0 saturated carbocycles. The smallest absolute Gasteiger partial charge is 0.413 e. The number of aromatic amines is 1. The summed E-state index contributed by atoms with van der Waals surface area (Å²) in [6.45, 7) is 2.88. The molecule has 3 heterocycles. The standard InChI is InChI=1S/C22H24F2N6O4/c1-22(2,3)28-21(32)34-16-11-26-19-18(16)27-14(10-25-19)17-13-9-12(33-20(23)24)5-6-15(13)30(29-17)7-4-8-31/h5-6,9-11,20,31H,4,7-8H2,1-3H3,(H,25,26)(H,28,32). The number of carbonyl (C=O) groups excluding carboxylic acids is 1. The van der Waals surface area contributed by atoms with Crippen molar-refractivity contribution in [2.45, 2.75) is 45.9 Å². The van der Waals surface area contributed by atoms with E-state index in [9.17, 15) is 18.7 Å². The molecule has 0 aliphatic carbocycles. The Balaban J connectivity index is 1.77. The van der Waals surface area contributed by atoms with Gasteiger partial charge in [-0.25, -0.2) is 14.8 Å². The van der Waals surface area contributed by atoms with Gasteiger partial charge in [0.15, 0.2) is 16.9 Å². The summed E-state index contributed by atoms with van der Waals surface area (Å²) in [6, 6.07) is 4.50. The van der Waals surface area contributed by atoms with E-state index in [4.69, 9.17) is 4.74 Å². The van der Waals surface area contributed by atoms with Crippen LogP contribution in [-0.2, 0) is 6.54 Å². The molecule has 10 nitrogen and oxygen atoms in total. The number of alkyl halides is 2. The number of carbonyl (C=O) groups is 1. The van der Waals surface area contributed by atoms with Crippen LogP contribution in [-0.4, -0.2) is 54.7 Å². The molecule has 180 valence electrons. The minimum Gasteiger partial charge on any atom is -0.435 e. The maximum Gasteiger partial charge on any atom is 0.413 e. The Morgan fingerprint density at radius 3 is 2.82 bits per heavy atom. The number of aliphatic hydroxyl groups is 1. The second kappa shape index (κ2) is 9.21. The average Bonchev–Trinajstić information content (AvgIpc) is 3.31. The SMILES string of the molecule is CC(C)(C)NC(=O)Oc1c[nH]c2ncc(-c3nn(CCCO)c4ccc(OC(F)F)cc34)nc12. The Morgan fingerprint density at radius 1 is 1.32 bits per heavy atom. The molecule has 1 amide bonds. The maximum atomic E-state index is 12.8. The summed E-state index contributed by atoms with van der Waals surface area (Å²) < 4.78 is 37.1. The van der Waals surface area contributed by atoms with Gasteiger partial charge in [-0.05, 0) is 45.4 Å². The van der Waals surface area contributed by atoms with Gasteiger partial charge in [0.2, 0.25) is 0 Å². The first-order valence-corrected chi connectivity index (χ1v) is 10.6. The normalized spacial score (nSPS) is 12.0. The van der Waals surface area contributed by atoms with Crippen LogP contribution in [0.3, 0.4) is 0 Å². The van der Waals surface area contributed by atoms with Crippen LogP contribution in [0.25, 0.3) is 33.5 Å². The molecule has 34 heavy (non-hydrogen) atoms.